The molecule has 0 atom stereocenters. The number of carbonyl (C=O) groups excluding carboxylic acids is 2. The van der Waals surface area contributed by atoms with E-state index >= 15 is 0 Å². The molecule has 0 saturated heterocycles. The molecule has 122 valence electrons. The van der Waals surface area contributed by atoms with Crippen molar-refractivity contribution in [2.45, 2.75) is 26.3 Å². The van der Waals surface area contributed by atoms with Crippen LogP contribution >= 0.6 is 11.3 Å². The van der Waals surface area contributed by atoms with Gasteiger partial charge in [0, 0.05) is 27.1 Å². The Bertz CT molecular complexity index is 868. The first-order chi connectivity index (χ1) is 10.9. The first kappa shape index (κ1) is 15.7. The molecular formula is C15H18N4O3S. The van der Waals surface area contributed by atoms with Crippen molar-refractivity contribution in [3.63, 3.8) is 0 Å². The van der Waals surface area contributed by atoms with Crippen LogP contribution in [0.15, 0.2) is 4.79 Å². The molecule has 1 aliphatic rings. The van der Waals surface area contributed by atoms with E-state index in [0.29, 0.717) is 27.2 Å². The van der Waals surface area contributed by atoms with Gasteiger partial charge in [-0.15, -0.1) is 11.3 Å². The minimum Gasteiger partial charge on any atom is -0.358 e. The molecule has 2 aromatic rings. The fourth-order valence-corrected chi connectivity index (χ4v) is 4.00. The van der Waals surface area contributed by atoms with Gasteiger partial charge in [-0.05, 0) is 18.9 Å². The average molecular weight is 334 g/mol. The predicted octanol–water partition coefficient (Wildman–Crippen LogP) is 0.531. The van der Waals surface area contributed by atoms with Crippen LogP contribution in [0.4, 0.5) is 0 Å². The molecule has 2 amide bonds. The molecule has 0 saturated carbocycles. The van der Waals surface area contributed by atoms with Gasteiger partial charge in [0.2, 0.25) is 5.91 Å². The lowest BCUT2D eigenvalue weighted by Gasteiger charge is -2.15. The Kier molecular flexibility index (Phi) is 3.93. The van der Waals surface area contributed by atoms with Crippen molar-refractivity contribution in [3.05, 3.63) is 26.6 Å². The van der Waals surface area contributed by atoms with E-state index < -0.39 is 0 Å². The first-order valence-corrected chi connectivity index (χ1v) is 8.24. The van der Waals surface area contributed by atoms with E-state index in [-0.39, 0.29) is 23.9 Å². The van der Waals surface area contributed by atoms with Crippen LogP contribution in [0.2, 0.25) is 0 Å². The van der Waals surface area contributed by atoms with Crippen molar-refractivity contribution in [3.8, 4) is 0 Å². The van der Waals surface area contributed by atoms with Crippen LogP contribution in [0.3, 0.4) is 0 Å². The van der Waals surface area contributed by atoms with Crippen molar-refractivity contribution >= 4 is 33.4 Å². The van der Waals surface area contributed by atoms with Crippen LogP contribution in [0.5, 0.6) is 0 Å². The molecular weight excluding hydrogens is 316 g/mol. The van der Waals surface area contributed by atoms with Crippen molar-refractivity contribution in [2.75, 3.05) is 20.6 Å². The molecule has 0 unspecified atom stereocenters. The Hall–Kier alpha value is -2.22. The van der Waals surface area contributed by atoms with Gasteiger partial charge in [0.05, 0.1) is 16.8 Å². The highest BCUT2D eigenvalue weighted by Gasteiger charge is 2.25. The first-order valence-electron chi connectivity index (χ1n) is 7.43. The lowest BCUT2D eigenvalue weighted by molar-refractivity contribution is -0.121. The number of nitrogens with one attached hydrogen (secondary N) is 1. The van der Waals surface area contributed by atoms with Crippen molar-refractivity contribution in [1.82, 2.24) is 19.8 Å². The van der Waals surface area contributed by atoms with Crippen LogP contribution in [0.1, 0.15) is 27.5 Å². The minimum absolute atomic E-state index is 0.0219. The minimum atomic E-state index is -0.265. The maximum atomic E-state index is 12.6. The summed E-state index contributed by atoms with van der Waals surface area (Å²) in [7, 11) is 3.10. The standard InChI is InChI=1S/C15H18N4O3S/c1-8-11-13(17-9-5-4-6-19(9)14(11)21)23-12(8)15(22)18(3)7-10(20)16-2/h4-7H2,1-3H3,(H,16,20). The number of thiophene rings is 1. The largest absolute Gasteiger partial charge is 0.358 e. The van der Waals surface area contributed by atoms with Gasteiger partial charge in [0.25, 0.3) is 11.5 Å². The quantitative estimate of drug-likeness (QED) is 0.887. The highest BCUT2D eigenvalue weighted by molar-refractivity contribution is 7.20. The van der Waals surface area contributed by atoms with Crippen LogP contribution in [0, 0.1) is 6.92 Å². The molecule has 2 aromatic heterocycles. The smallest absolute Gasteiger partial charge is 0.264 e. The van der Waals surface area contributed by atoms with E-state index in [4.69, 9.17) is 0 Å². The highest BCUT2D eigenvalue weighted by atomic mass is 32.1. The van der Waals surface area contributed by atoms with Crippen LogP contribution < -0.4 is 10.9 Å². The maximum Gasteiger partial charge on any atom is 0.264 e. The molecule has 23 heavy (non-hydrogen) atoms. The summed E-state index contributed by atoms with van der Waals surface area (Å²) in [6.07, 6.45) is 1.72. The van der Waals surface area contributed by atoms with Crippen molar-refractivity contribution in [2.24, 2.45) is 0 Å². The highest BCUT2D eigenvalue weighted by Crippen LogP contribution is 2.29. The molecule has 0 radical (unpaired) electrons. The zero-order chi connectivity index (χ0) is 16.7. The van der Waals surface area contributed by atoms with Gasteiger partial charge in [0.1, 0.15) is 10.7 Å². The lowest BCUT2D eigenvalue weighted by Crippen LogP contribution is -2.36. The lowest BCUT2D eigenvalue weighted by atomic mass is 10.2. The Morgan fingerprint density at radius 2 is 2.17 bits per heavy atom. The number of carbonyl (C=O) groups is 2. The molecule has 0 fully saturated rings. The van der Waals surface area contributed by atoms with Gasteiger partial charge in [-0.3, -0.25) is 19.0 Å². The van der Waals surface area contributed by atoms with Gasteiger partial charge in [-0.2, -0.15) is 0 Å². The number of fused-ring (bicyclic) bond motifs is 2. The molecule has 0 aliphatic carbocycles. The fraction of sp³-hybridized carbons (Fsp3) is 0.467. The summed E-state index contributed by atoms with van der Waals surface area (Å²) in [6.45, 7) is 2.43. The van der Waals surface area contributed by atoms with E-state index in [1.165, 1.54) is 23.3 Å². The number of nitrogens with zero attached hydrogens (tertiary/aromatic N) is 3. The van der Waals surface area contributed by atoms with Crippen LogP contribution in [-0.4, -0.2) is 46.9 Å². The van der Waals surface area contributed by atoms with Crippen molar-refractivity contribution < 1.29 is 9.59 Å². The Morgan fingerprint density at radius 3 is 2.87 bits per heavy atom. The Labute approximate surface area is 136 Å². The SMILES string of the molecule is CNC(=O)CN(C)C(=O)c1sc2nc3n(c(=O)c2c1C)CCC3. The number of hydrogen-bond acceptors (Lipinski definition) is 5. The fourth-order valence-electron chi connectivity index (χ4n) is 2.82. The second-order valence-electron chi connectivity index (χ2n) is 5.66. The number of hydrogen-bond donors (Lipinski definition) is 1. The topological polar surface area (TPSA) is 84.3 Å². The normalized spacial score (nSPS) is 13.2. The molecule has 0 aromatic carbocycles. The van der Waals surface area contributed by atoms with Gasteiger partial charge in [-0.1, -0.05) is 0 Å². The zero-order valence-electron chi connectivity index (χ0n) is 13.3. The van der Waals surface area contributed by atoms with Gasteiger partial charge < -0.3 is 10.2 Å². The summed E-state index contributed by atoms with van der Waals surface area (Å²) >= 11 is 1.23. The molecule has 1 N–H and O–H groups in total. The summed E-state index contributed by atoms with van der Waals surface area (Å²) < 4.78 is 1.70. The second-order valence-corrected chi connectivity index (χ2v) is 6.66. The maximum absolute atomic E-state index is 12.6. The van der Waals surface area contributed by atoms with Crippen LogP contribution in [0.25, 0.3) is 10.2 Å². The van der Waals surface area contributed by atoms with E-state index in [9.17, 15) is 14.4 Å². The molecule has 7 nitrogen and oxygen atoms in total. The molecule has 8 heteroatoms. The molecule has 3 heterocycles. The third kappa shape index (κ3) is 2.52. The molecule has 0 bridgehead atoms. The summed E-state index contributed by atoms with van der Waals surface area (Å²) in [5.41, 5.74) is 0.586. The molecule has 3 rings (SSSR count). The predicted molar refractivity (Wildman–Crippen MR) is 88.0 cm³/mol. The average Bonchev–Trinajstić information content (AvgIpc) is 3.11. The Balaban J connectivity index is 2.05. The van der Waals surface area contributed by atoms with Crippen molar-refractivity contribution in [1.29, 1.82) is 0 Å². The molecule has 1 aliphatic heterocycles. The van der Waals surface area contributed by atoms with E-state index in [0.717, 1.165) is 18.7 Å². The number of aryl methyl sites for hydroxylation is 2. The van der Waals surface area contributed by atoms with E-state index in [1.807, 2.05) is 0 Å². The van der Waals surface area contributed by atoms with E-state index in [2.05, 4.69) is 10.3 Å². The molecule has 0 spiro atoms. The third-order valence-corrected chi connectivity index (χ3v) is 5.29. The summed E-state index contributed by atoms with van der Waals surface area (Å²) in [5.74, 6) is 0.289. The van der Waals surface area contributed by atoms with Gasteiger partial charge >= 0.3 is 0 Å². The number of aromatic nitrogens is 2. The summed E-state index contributed by atoms with van der Waals surface area (Å²) in [6, 6.07) is 0. The second kappa shape index (κ2) is 5.77. The van der Waals surface area contributed by atoms with Crippen LogP contribution in [-0.2, 0) is 17.8 Å². The summed E-state index contributed by atoms with van der Waals surface area (Å²) in [4.78, 5) is 43.6. The Morgan fingerprint density at radius 1 is 1.43 bits per heavy atom. The van der Waals surface area contributed by atoms with E-state index in [1.54, 1.807) is 18.5 Å². The monoisotopic (exact) mass is 334 g/mol. The summed E-state index contributed by atoms with van der Waals surface area (Å²) in [5, 5.41) is 3.01. The number of amides is 2. The van der Waals surface area contributed by atoms with Gasteiger partial charge in [0.15, 0.2) is 0 Å². The number of rotatable bonds is 3. The third-order valence-electron chi connectivity index (χ3n) is 4.11. The zero-order valence-corrected chi connectivity index (χ0v) is 14.1. The van der Waals surface area contributed by atoms with Gasteiger partial charge in [-0.25, -0.2) is 4.98 Å². The number of likely N-dealkylation sites (N-methyl/N-ethyl adjacent to an activating group) is 2.